The second-order valence-electron chi connectivity index (χ2n) is 5.62. The molecule has 2 rings (SSSR count). The lowest BCUT2D eigenvalue weighted by Gasteiger charge is -2.22. The van der Waals surface area contributed by atoms with E-state index in [9.17, 15) is 4.79 Å². The summed E-state index contributed by atoms with van der Waals surface area (Å²) >= 11 is 0. The molecule has 0 radical (unpaired) electrons. The fourth-order valence-electron chi connectivity index (χ4n) is 2.61. The molecule has 1 aromatic carbocycles. The first-order valence-corrected chi connectivity index (χ1v) is 8.02. The van der Waals surface area contributed by atoms with Crippen molar-refractivity contribution in [1.82, 2.24) is 10.6 Å². The molecular formula is C17H26N2O3. The summed E-state index contributed by atoms with van der Waals surface area (Å²) in [6.07, 6.45) is 3.95. The lowest BCUT2D eigenvalue weighted by molar-refractivity contribution is -0.121. The molecule has 5 nitrogen and oxygen atoms in total. The number of hydrogen-bond acceptors (Lipinski definition) is 4. The van der Waals surface area contributed by atoms with Gasteiger partial charge in [-0.15, -0.1) is 0 Å². The van der Waals surface area contributed by atoms with E-state index in [1.165, 1.54) is 12.8 Å². The van der Waals surface area contributed by atoms with Gasteiger partial charge in [-0.25, -0.2) is 0 Å². The fraction of sp³-hybridized carbons (Fsp3) is 0.588. The van der Waals surface area contributed by atoms with Gasteiger partial charge in [0.05, 0.1) is 20.1 Å². The van der Waals surface area contributed by atoms with Crippen LogP contribution in [-0.4, -0.2) is 39.3 Å². The molecule has 0 aliphatic carbocycles. The van der Waals surface area contributed by atoms with E-state index < -0.39 is 0 Å². The molecule has 0 bridgehead atoms. The largest absolute Gasteiger partial charge is 0.497 e. The first-order valence-electron chi connectivity index (χ1n) is 8.02. The molecule has 1 aliphatic rings. The summed E-state index contributed by atoms with van der Waals surface area (Å²) in [6.45, 7) is 3.36. The Balaban J connectivity index is 1.55. The van der Waals surface area contributed by atoms with Crippen molar-refractivity contribution in [3.63, 3.8) is 0 Å². The predicted octanol–water partition coefficient (Wildman–Crippen LogP) is 1.97. The second-order valence-corrected chi connectivity index (χ2v) is 5.62. The number of amides is 1. The van der Waals surface area contributed by atoms with Crippen molar-refractivity contribution in [3.8, 4) is 11.5 Å². The number of piperidine rings is 1. The summed E-state index contributed by atoms with van der Waals surface area (Å²) in [5, 5.41) is 6.36. The van der Waals surface area contributed by atoms with Crippen molar-refractivity contribution in [2.24, 2.45) is 5.92 Å². The minimum atomic E-state index is 0.0530. The van der Waals surface area contributed by atoms with E-state index in [2.05, 4.69) is 10.6 Å². The molecule has 1 fully saturated rings. The van der Waals surface area contributed by atoms with Crippen LogP contribution in [0.4, 0.5) is 0 Å². The molecule has 1 unspecified atom stereocenters. The molecule has 0 aromatic heterocycles. The molecule has 5 heteroatoms. The number of methoxy groups -OCH3 is 1. The third kappa shape index (κ3) is 5.93. The lowest BCUT2D eigenvalue weighted by atomic mass is 9.96. The highest BCUT2D eigenvalue weighted by molar-refractivity contribution is 5.75. The number of benzene rings is 1. The number of carbonyl (C=O) groups is 1. The van der Waals surface area contributed by atoms with Gasteiger partial charge in [-0.2, -0.15) is 0 Å². The van der Waals surface area contributed by atoms with E-state index >= 15 is 0 Å². The summed E-state index contributed by atoms with van der Waals surface area (Å²) < 4.78 is 10.6. The molecule has 1 atom stereocenters. The van der Waals surface area contributed by atoms with Crippen LogP contribution in [0.3, 0.4) is 0 Å². The van der Waals surface area contributed by atoms with Gasteiger partial charge in [0.2, 0.25) is 5.91 Å². The SMILES string of the molecule is COc1ccc(OCCC(=O)NCCC2CCCNC2)cc1. The Labute approximate surface area is 132 Å². The maximum Gasteiger partial charge on any atom is 0.223 e. The topological polar surface area (TPSA) is 59.6 Å². The Morgan fingerprint density at radius 1 is 1.32 bits per heavy atom. The van der Waals surface area contributed by atoms with E-state index in [-0.39, 0.29) is 5.91 Å². The zero-order chi connectivity index (χ0) is 15.6. The summed E-state index contributed by atoms with van der Waals surface area (Å²) in [6, 6.07) is 7.36. The lowest BCUT2D eigenvalue weighted by Crippen LogP contribution is -2.33. The van der Waals surface area contributed by atoms with Gasteiger partial charge in [-0.3, -0.25) is 4.79 Å². The third-order valence-corrected chi connectivity index (χ3v) is 3.93. The number of rotatable bonds is 8. The van der Waals surface area contributed by atoms with Crippen molar-refractivity contribution in [3.05, 3.63) is 24.3 Å². The average Bonchev–Trinajstić information content (AvgIpc) is 2.56. The van der Waals surface area contributed by atoms with Crippen molar-refractivity contribution in [2.45, 2.75) is 25.7 Å². The smallest absolute Gasteiger partial charge is 0.223 e. The molecule has 122 valence electrons. The molecular weight excluding hydrogens is 280 g/mol. The molecule has 1 saturated heterocycles. The van der Waals surface area contributed by atoms with Gasteiger partial charge in [0, 0.05) is 6.54 Å². The molecule has 1 amide bonds. The van der Waals surface area contributed by atoms with Gasteiger partial charge >= 0.3 is 0 Å². The minimum Gasteiger partial charge on any atom is -0.497 e. The molecule has 1 aliphatic heterocycles. The summed E-state index contributed by atoms with van der Waals surface area (Å²) in [4.78, 5) is 11.7. The number of carbonyl (C=O) groups excluding carboxylic acids is 1. The number of ether oxygens (including phenoxy) is 2. The highest BCUT2D eigenvalue weighted by Crippen LogP contribution is 2.17. The van der Waals surface area contributed by atoms with Crippen LogP contribution in [0.25, 0.3) is 0 Å². The molecule has 2 N–H and O–H groups in total. The van der Waals surface area contributed by atoms with Crippen LogP contribution in [0.15, 0.2) is 24.3 Å². The predicted molar refractivity (Wildman–Crippen MR) is 86.3 cm³/mol. The van der Waals surface area contributed by atoms with E-state index in [4.69, 9.17) is 9.47 Å². The van der Waals surface area contributed by atoms with Crippen LogP contribution in [0.5, 0.6) is 11.5 Å². The highest BCUT2D eigenvalue weighted by Gasteiger charge is 2.12. The molecule has 0 saturated carbocycles. The summed E-state index contributed by atoms with van der Waals surface area (Å²) in [5.74, 6) is 2.30. The molecule has 1 aromatic rings. The van der Waals surface area contributed by atoms with E-state index in [0.29, 0.717) is 18.9 Å². The van der Waals surface area contributed by atoms with Gasteiger partial charge in [0.25, 0.3) is 0 Å². The van der Waals surface area contributed by atoms with E-state index in [1.54, 1.807) is 7.11 Å². The Morgan fingerprint density at radius 2 is 2.09 bits per heavy atom. The fourth-order valence-corrected chi connectivity index (χ4v) is 2.61. The monoisotopic (exact) mass is 306 g/mol. The van der Waals surface area contributed by atoms with Crippen molar-refractivity contribution < 1.29 is 14.3 Å². The van der Waals surface area contributed by atoms with Crippen molar-refractivity contribution >= 4 is 5.91 Å². The minimum absolute atomic E-state index is 0.0530. The highest BCUT2D eigenvalue weighted by atomic mass is 16.5. The normalized spacial score (nSPS) is 17.8. The zero-order valence-corrected chi connectivity index (χ0v) is 13.3. The number of hydrogen-bond donors (Lipinski definition) is 2. The average molecular weight is 306 g/mol. The quantitative estimate of drug-likeness (QED) is 0.771. The van der Waals surface area contributed by atoms with Gasteiger partial charge in [0.1, 0.15) is 11.5 Å². The van der Waals surface area contributed by atoms with Crippen LogP contribution in [0.1, 0.15) is 25.7 Å². The summed E-state index contributed by atoms with van der Waals surface area (Å²) in [5.41, 5.74) is 0. The Morgan fingerprint density at radius 3 is 2.77 bits per heavy atom. The first-order chi connectivity index (χ1) is 10.8. The van der Waals surface area contributed by atoms with E-state index in [0.717, 1.165) is 37.6 Å². The van der Waals surface area contributed by atoms with Crippen LogP contribution < -0.4 is 20.1 Å². The first kappa shape index (κ1) is 16.6. The van der Waals surface area contributed by atoms with Crippen LogP contribution in [-0.2, 0) is 4.79 Å². The molecule has 1 heterocycles. The van der Waals surface area contributed by atoms with E-state index in [1.807, 2.05) is 24.3 Å². The molecule has 0 spiro atoms. The molecule has 22 heavy (non-hydrogen) atoms. The third-order valence-electron chi connectivity index (χ3n) is 3.93. The van der Waals surface area contributed by atoms with Crippen LogP contribution in [0, 0.1) is 5.92 Å². The van der Waals surface area contributed by atoms with Gasteiger partial charge < -0.3 is 20.1 Å². The van der Waals surface area contributed by atoms with Crippen LogP contribution >= 0.6 is 0 Å². The maximum atomic E-state index is 11.7. The zero-order valence-electron chi connectivity index (χ0n) is 13.3. The van der Waals surface area contributed by atoms with Crippen molar-refractivity contribution in [2.75, 3.05) is 33.4 Å². The van der Waals surface area contributed by atoms with Gasteiger partial charge in [-0.1, -0.05) is 0 Å². The van der Waals surface area contributed by atoms with Crippen molar-refractivity contribution in [1.29, 1.82) is 0 Å². The Bertz CT molecular complexity index is 442. The Kier molecular flexibility index (Phi) is 7.03. The standard InChI is InChI=1S/C17H26N2O3/c1-21-15-4-6-16(7-5-15)22-12-9-17(20)19-11-8-14-3-2-10-18-13-14/h4-7,14,18H,2-3,8-13H2,1H3,(H,19,20). The second kappa shape index (κ2) is 9.30. The van der Waals surface area contributed by atoms with Gasteiger partial charge in [0.15, 0.2) is 0 Å². The number of nitrogens with one attached hydrogen (secondary N) is 2. The van der Waals surface area contributed by atoms with Crippen LogP contribution in [0.2, 0.25) is 0 Å². The maximum absolute atomic E-state index is 11.7. The Hall–Kier alpha value is -1.75. The van der Waals surface area contributed by atoms with Gasteiger partial charge in [-0.05, 0) is 62.5 Å². The summed E-state index contributed by atoms with van der Waals surface area (Å²) in [7, 11) is 1.63.